The summed E-state index contributed by atoms with van der Waals surface area (Å²) in [6.07, 6.45) is 3.54. The van der Waals surface area contributed by atoms with Crippen LogP contribution >= 0.6 is 0 Å². The molecule has 104 valence electrons. The van der Waals surface area contributed by atoms with E-state index >= 15 is 0 Å². The van der Waals surface area contributed by atoms with Gasteiger partial charge in [-0.15, -0.1) is 0 Å². The van der Waals surface area contributed by atoms with Crippen LogP contribution in [-0.2, 0) is 11.3 Å². The first kappa shape index (κ1) is 13.8. The van der Waals surface area contributed by atoms with Crippen LogP contribution in [0.25, 0.3) is 0 Å². The predicted octanol–water partition coefficient (Wildman–Crippen LogP) is 2.36. The zero-order valence-corrected chi connectivity index (χ0v) is 10.7. The van der Waals surface area contributed by atoms with E-state index in [1.165, 1.54) is 12.1 Å². The number of halogens is 1. The number of hydrogen-bond acceptors (Lipinski definition) is 3. The summed E-state index contributed by atoms with van der Waals surface area (Å²) >= 11 is 0. The van der Waals surface area contributed by atoms with Gasteiger partial charge in [0.2, 0.25) is 0 Å². The Labute approximate surface area is 111 Å². The lowest BCUT2D eigenvalue weighted by Crippen LogP contribution is -2.40. The zero-order chi connectivity index (χ0) is 13.8. The third kappa shape index (κ3) is 3.44. The molecule has 1 heterocycles. The highest BCUT2D eigenvalue weighted by Gasteiger charge is 2.27. The summed E-state index contributed by atoms with van der Waals surface area (Å²) in [5, 5.41) is 18.4. The molecule has 0 amide bonds. The Kier molecular flexibility index (Phi) is 4.37. The number of likely N-dealkylation sites (tertiary alicyclic amines) is 1. The molecule has 5 heteroatoms. The number of carbonyl (C=O) groups is 1. The number of rotatable bonds is 3. The number of nitrogens with zero attached hydrogens (tertiary/aromatic N) is 1. The number of carboxylic acid groups (broad SMARTS) is 1. The predicted molar refractivity (Wildman–Crippen MR) is 68.4 cm³/mol. The Morgan fingerprint density at radius 1 is 1.37 bits per heavy atom. The van der Waals surface area contributed by atoms with Crippen LogP contribution in [0, 0.1) is 5.82 Å². The second kappa shape index (κ2) is 6.02. The quantitative estimate of drug-likeness (QED) is 0.882. The van der Waals surface area contributed by atoms with Crippen LogP contribution in [0.15, 0.2) is 18.2 Å². The SMILES string of the molecule is O=C(O)C1CCCCCN1Cc1ccc(O)c(F)c1. The molecule has 2 N–H and O–H groups in total. The Hall–Kier alpha value is -1.62. The van der Waals surface area contributed by atoms with Crippen molar-refractivity contribution in [2.24, 2.45) is 0 Å². The molecule has 1 aromatic carbocycles. The summed E-state index contributed by atoms with van der Waals surface area (Å²) in [6, 6.07) is 3.69. The van der Waals surface area contributed by atoms with E-state index in [0.717, 1.165) is 19.3 Å². The zero-order valence-electron chi connectivity index (χ0n) is 10.7. The van der Waals surface area contributed by atoms with Crippen LogP contribution in [-0.4, -0.2) is 33.7 Å². The molecule has 0 bridgehead atoms. The third-order valence-electron chi connectivity index (χ3n) is 3.55. The Morgan fingerprint density at radius 2 is 2.16 bits per heavy atom. The van der Waals surface area contributed by atoms with Crippen molar-refractivity contribution in [1.82, 2.24) is 4.90 Å². The van der Waals surface area contributed by atoms with Crippen LogP contribution < -0.4 is 0 Å². The van der Waals surface area contributed by atoms with Gasteiger partial charge >= 0.3 is 5.97 Å². The second-order valence-electron chi connectivity index (χ2n) is 4.96. The van der Waals surface area contributed by atoms with Crippen LogP contribution in [0.3, 0.4) is 0 Å². The van der Waals surface area contributed by atoms with Crippen molar-refractivity contribution in [2.45, 2.75) is 38.3 Å². The molecule has 1 aliphatic rings. The van der Waals surface area contributed by atoms with Gasteiger partial charge < -0.3 is 10.2 Å². The van der Waals surface area contributed by atoms with E-state index in [-0.39, 0.29) is 5.75 Å². The first-order chi connectivity index (χ1) is 9.08. The van der Waals surface area contributed by atoms with E-state index in [2.05, 4.69) is 0 Å². The van der Waals surface area contributed by atoms with Gasteiger partial charge in [0, 0.05) is 6.54 Å². The highest BCUT2D eigenvalue weighted by molar-refractivity contribution is 5.73. The Balaban J connectivity index is 2.13. The maximum Gasteiger partial charge on any atom is 0.320 e. The molecule has 19 heavy (non-hydrogen) atoms. The summed E-state index contributed by atoms with van der Waals surface area (Å²) in [4.78, 5) is 13.1. The first-order valence-electron chi connectivity index (χ1n) is 6.52. The summed E-state index contributed by atoms with van der Waals surface area (Å²) in [5.41, 5.74) is 0.684. The highest BCUT2D eigenvalue weighted by Crippen LogP contribution is 2.22. The lowest BCUT2D eigenvalue weighted by atomic mass is 10.1. The second-order valence-corrected chi connectivity index (χ2v) is 4.96. The molecule has 1 aliphatic heterocycles. The van der Waals surface area contributed by atoms with Gasteiger partial charge in [0.15, 0.2) is 11.6 Å². The van der Waals surface area contributed by atoms with Gasteiger partial charge in [-0.1, -0.05) is 18.9 Å². The molecule has 2 rings (SSSR count). The highest BCUT2D eigenvalue weighted by atomic mass is 19.1. The van der Waals surface area contributed by atoms with Crippen LogP contribution in [0.1, 0.15) is 31.2 Å². The van der Waals surface area contributed by atoms with Gasteiger partial charge in [0.1, 0.15) is 6.04 Å². The smallest absolute Gasteiger partial charge is 0.320 e. The summed E-state index contributed by atoms with van der Waals surface area (Å²) in [7, 11) is 0. The molecular weight excluding hydrogens is 249 g/mol. The van der Waals surface area contributed by atoms with E-state index in [0.29, 0.717) is 25.1 Å². The van der Waals surface area contributed by atoms with Crippen molar-refractivity contribution >= 4 is 5.97 Å². The fourth-order valence-electron chi connectivity index (χ4n) is 2.52. The molecule has 0 radical (unpaired) electrons. The van der Waals surface area contributed by atoms with Crippen LogP contribution in [0.2, 0.25) is 0 Å². The summed E-state index contributed by atoms with van der Waals surface area (Å²) in [5.74, 6) is -1.87. The Morgan fingerprint density at radius 3 is 2.84 bits per heavy atom. The lowest BCUT2D eigenvalue weighted by Gasteiger charge is -2.26. The fraction of sp³-hybridized carbons (Fsp3) is 0.500. The van der Waals surface area contributed by atoms with Crippen molar-refractivity contribution < 1.29 is 19.4 Å². The normalized spacial score (nSPS) is 21.0. The largest absolute Gasteiger partial charge is 0.505 e. The van der Waals surface area contributed by atoms with E-state index < -0.39 is 17.8 Å². The number of carboxylic acids is 1. The monoisotopic (exact) mass is 267 g/mol. The first-order valence-corrected chi connectivity index (χ1v) is 6.52. The number of aromatic hydroxyl groups is 1. The minimum atomic E-state index is -0.818. The van der Waals surface area contributed by atoms with Gasteiger partial charge in [-0.05, 0) is 37.1 Å². The van der Waals surface area contributed by atoms with Gasteiger partial charge in [-0.25, -0.2) is 4.39 Å². The molecule has 0 aromatic heterocycles. The number of phenolic OH excluding ortho intramolecular Hbond substituents is 1. The average molecular weight is 267 g/mol. The van der Waals surface area contributed by atoms with Gasteiger partial charge in [0.25, 0.3) is 0 Å². The lowest BCUT2D eigenvalue weighted by molar-refractivity contribution is -0.143. The van der Waals surface area contributed by atoms with Gasteiger partial charge in [-0.2, -0.15) is 0 Å². The molecule has 1 aromatic rings. The Bertz CT molecular complexity index is 464. The molecule has 1 atom stereocenters. The topological polar surface area (TPSA) is 60.8 Å². The molecule has 1 unspecified atom stereocenters. The van der Waals surface area contributed by atoms with Crippen LogP contribution in [0.4, 0.5) is 4.39 Å². The molecular formula is C14H18FNO3. The number of hydrogen-bond donors (Lipinski definition) is 2. The van der Waals surface area contributed by atoms with Crippen molar-refractivity contribution in [1.29, 1.82) is 0 Å². The number of aliphatic carboxylic acids is 1. The standard InChI is InChI=1S/C14H18FNO3/c15-11-8-10(5-6-13(11)17)9-16-7-3-1-2-4-12(16)14(18)19/h5-6,8,12,17H,1-4,7,9H2,(H,18,19). The van der Waals surface area contributed by atoms with E-state index in [1.807, 2.05) is 4.90 Å². The van der Waals surface area contributed by atoms with Crippen LogP contribution in [0.5, 0.6) is 5.75 Å². The molecule has 1 saturated heterocycles. The molecule has 1 fully saturated rings. The van der Waals surface area contributed by atoms with Gasteiger partial charge in [0.05, 0.1) is 0 Å². The third-order valence-corrected chi connectivity index (χ3v) is 3.55. The van der Waals surface area contributed by atoms with E-state index in [9.17, 15) is 14.3 Å². The number of phenols is 1. The maximum atomic E-state index is 13.3. The minimum absolute atomic E-state index is 0.380. The molecule has 0 spiro atoms. The van der Waals surface area contributed by atoms with Crippen molar-refractivity contribution in [3.8, 4) is 5.75 Å². The molecule has 4 nitrogen and oxygen atoms in total. The summed E-state index contributed by atoms with van der Waals surface area (Å²) < 4.78 is 13.3. The number of benzene rings is 1. The average Bonchev–Trinajstić information content (AvgIpc) is 2.59. The minimum Gasteiger partial charge on any atom is -0.505 e. The fourth-order valence-corrected chi connectivity index (χ4v) is 2.52. The maximum absolute atomic E-state index is 13.3. The van der Waals surface area contributed by atoms with Gasteiger partial charge in [-0.3, -0.25) is 9.69 Å². The molecule has 0 aliphatic carbocycles. The van der Waals surface area contributed by atoms with Crippen molar-refractivity contribution in [3.63, 3.8) is 0 Å². The van der Waals surface area contributed by atoms with Crippen molar-refractivity contribution in [2.75, 3.05) is 6.54 Å². The van der Waals surface area contributed by atoms with E-state index in [4.69, 9.17) is 5.11 Å². The summed E-state index contributed by atoms with van der Waals surface area (Å²) in [6.45, 7) is 1.10. The van der Waals surface area contributed by atoms with Crippen molar-refractivity contribution in [3.05, 3.63) is 29.6 Å². The molecule has 0 saturated carbocycles. The van der Waals surface area contributed by atoms with E-state index in [1.54, 1.807) is 6.07 Å².